The molecular formula is C22H25ClN2O3. The first kappa shape index (κ1) is 19.1. The van der Waals surface area contributed by atoms with Gasteiger partial charge < -0.3 is 20.1 Å². The van der Waals surface area contributed by atoms with Crippen LogP contribution in [0.2, 0.25) is 5.02 Å². The second-order valence-corrected chi connectivity index (χ2v) is 8.70. The first-order chi connectivity index (χ1) is 13.3. The molecule has 5 nitrogen and oxygen atoms in total. The summed E-state index contributed by atoms with van der Waals surface area (Å²) in [6, 6.07) is 11.6. The van der Waals surface area contributed by atoms with Gasteiger partial charge in [-0.05, 0) is 59.4 Å². The van der Waals surface area contributed by atoms with E-state index in [4.69, 9.17) is 16.3 Å². The van der Waals surface area contributed by atoms with Crippen molar-refractivity contribution in [1.82, 2.24) is 0 Å². The van der Waals surface area contributed by atoms with Crippen molar-refractivity contribution < 1.29 is 14.6 Å². The van der Waals surface area contributed by atoms with E-state index in [1.807, 2.05) is 18.2 Å². The van der Waals surface area contributed by atoms with Gasteiger partial charge in [0, 0.05) is 29.5 Å². The Bertz CT molecular complexity index is 907. The average Bonchev–Trinajstić information content (AvgIpc) is 2.66. The number of hydrogen-bond donors (Lipinski definition) is 2. The summed E-state index contributed by atoms with van der Waals surface area (Å²) in [6.07, 6.45) is 0.792. The predicted octanol–water partition coefficient (Wildman–Crippen LogP) is 4.61. The molecule has 0 saturated carbocycles. The molecule has 28 heavy (non-hydrogen) atoms. The van der Waals surface area contributed by atoms with E-state index in [0.717, 1.165) is 60.2 Å². The number of aromatic carboxylic acids is 1. The predicted molar refractivity (Wildman–Crippen MR) is 112 cm³/mol. The Morgan fingerprint density at radius 1 is 1.21 bits per heavy atom. The highest BCUT2D eigenvalue weighted by molar-refractivity contribution is 6.31. The number of carbonyl (C=O) groups is 1. The lowest BCUT2D eigenvalue weighted by Crippen LogP contribution is -2.37. The first-order valence-electron chi connectivity index (χ1n) is 9.59. The molecule has 1 fully saturated rings. The minimum Gasteiger partial charge on any atom is -0.478 e. The number of fused-ring (bicyclic) bond motifs is 1. The van der Waals surface area contributed by atoms with E-state index in [0.29, 0.717) is 5.56 Å². The van der Waals surface area contributed by atoms with Gasteiger partial charge in [0.1, 0.15) is 0 Å². The number of carboxylic acid groups (broad SMARTS) is 1. The third-order valence-corrected chi connectivity index (χ3v) is 5.91. The SMILES string of the molecule is CC1(C)Cc2cc(C(=O)O)ccc2NC1c1cc(Cl)cc(N2CCOCC2)c1. The maximum absolute atomic E-state index is 11.3. The second kappa shape index (κ2) is 7.30. The molecule has 2 aliphatic rings. The lowest BCUT2D eigenvalue weighted by atomic mass is 9.72. The van der Waals surface area contributed by atoms with Crippen molar-refractivity contribution in [2.24, 2.45) is 5.41 Å². The summed E-state index contributed by atoms with van der Waals surface area (Å²) >= 11 is 6.49. The number of hydrogen-bond acceptors (Lipinski definition) is 4. The van der Waals surface area contributed by atoms with Gasteiger partial charge in [0.15, 0.2) is 0 Å². The van der Waals surface area contributed by atoms with E-state index in [-0.39, 0.29) is 11.5 Å². The highest BCUT2D eigenvalue weighted by Crippen LogP contribution is 2.46. The lowest BCUT2D eigenvalue weighted by Gasteiger charge is -2.42. The molecule has 0 aromatic heterocycles. The molecule has 1 atom stereocenters. The molecule has 2 heterocycles. The zero-order valence-corrected chi connectivity index (χ0v) is 16.9. The van der Waals surface area contributed by atoms with Crippen molar-refractivity contribution in [3.63, 3.8) is 0 Å². The van der Waals surface area contributed by atoms with Gasteiger partial charge in [-0.3, -0.25) is 0 Å². The van der Waals surface area contributed by atoms with Crippen LogP contribution in [0.4, 0.5) is 11.4 Å². The van der Waals surface area contributed by atoms with Crippen molar-refractivity contribution in [3.05, 3.63) is 58.1 Å². The van der Waals surface area contributed by atoms with Crippen LogP contribution in [0.5, 0.6) is 0 Å². The van der Waals surface area contributed by atoms with Crippen molar-refractivity contribution in [2.75, 3.05) is 36.5 Å². The number of rotatable bonds is 3. The van der Waals surface area contributed by atoms with Crippen LogP contribution in [-0.4, -0.2) is 37.4 Å². The highest BCUT2D eigenvalue weighted by atomic mass is 35.5. The van der Waals surface area contributed by atoms with Crippen LogP contribution in [0.3, 0.4) is 0 Å². The number of morpholine rings is 1. The Morgan fingerprint density at radius 3 is 2.68 bits per heavy atom. The summed E-state index contributed by atoms with van der Waals surface area (Å²) in [7, 11) is 0. The molecular weight excluding hydrogens is 376 g/mol. The van der Waals surface area contributed by atoms with Gasteiger partial charge in [-0.25, -0.2) is 4.79 Å². The van der Waals surface area contributed by atoms with Gasteiger partial charge in [0.25, 0.3) is 0 Å². The minimum absolute atomic E-state index is 0.0779. The molecule has 0 aliphatic carbocycles. The Labute approximate surface area is 170 Å². The smallest absolute Gasteiger partial charge is 0.335 e. The van der Waals surface area contributed by atoms with E-state index < -0.39 is 5.97 Å². The van der Waals surface area contributed by atoms with Crippen molar-refractivity contribution in [1.29, 1.82) is 0 Å². The fourth-order valence-electron chi connectivity index (χ4n) is 4.26. The maximum Gasteiger partial charge on any atom is 0.335 e. The quantitative estimate of drug-likeness (QED) is 0.787. The molecule has 2 aromatic carbocycles. The summed E-state index contributed by atoms with van der Waals surface area (Å²) in [5.74, 6) is -0.896. The molecule has 0 spiro atoms. The van der Waals surface area contributed by atoms with Gasteiger partial charge in [0.2, 0.25) is 0 Å². The van der Waals surface area contributed by atoms with Crippen LogP contribution < -0.4 is 10.2 Å². The van der Waals surface area contributed by atoms with E-state index in [2.05, 4.69) is 30.1 Å². The van der Waals surface area contributed by atoms with Crippen LogP contribution in [0, 0.1) is 5.41 Å². The molecule has 1 saturated heterocycles. The summed E-state index contributed by atoms with van der Waals surface area (Å²) < 4.78 is 5.47. The Kier molecular flexibility index (Phi) is 4.98. The van der Waals surface area contributed by atoms with Crippen molar-refractivity contribution in [3.8, 4) is 0 Å². The van der Waals surface area contributed by atoms with Crippen molar-refractivity contribution in [2.45, 2.75) is 26.3 Å². The Hall–Kier alpha value is -2.24. The summed E-state index contributed by atoms with van der Waals surface area (Å²) in [6.45, 7) is 7.60. The summed E-state index contributed by atoms with van der Waals surface area (Å²) in [5.41, 5.74) is 4.52. The van der Waals surface area contributed by atoms with E-state index >= 15 is 0 Å². The van der Waals surface area contributed by atoms with Gasteiger partial charge in [-0.2, -0.15) is 0 Å². The molecule has 2 aromatic rings. The molecule has 148 valence electrons. The number of halogens is 1. The fraction of sp³-hybridized carbons (Fsp3) is 0.409. The molecule has 0 amide bonds. The zero-order valence-electron chi connectivity index (χ0n) is 16.2. The largest absolute Gasteiger partial charge is 0.478 e. The number of anilines is 2. The number of nitrogens with zero attached hydrogens (tertiary/aromatic N) is 1. The summed E-state index contributed by atoms with van der Waals surface area (Å²) in [4.78, 5) is 13.6. The number of nitrogens with one attached hydrogen (secondary N) is 1. The Balaban J connectivity index is 1.68. The zero-order chi connectivity index (χ0) is 19.9. The third-order valence-electron chi connectivity index (χ3n) is 5.69. The normalized spacial score (nSPS) is 21.0. The van der Waals surface area contributed by atoms with Gasteiger partial charge in [-0.15, -0.1) is 0 Å². The molecule has 0 radical (unpaired) electrons. The molecule has 2 aliphatic heterocycles. The van der Waals surface area contributed by atoms with Crippen LogP contribution in [-0.2, 0) is 11.2 Å². The second-order valence-electron chi connectivity index (χ2n) is 8.26. The fourth-order valence-corrected chi connectivity index (χ4v) is 4.50. The van der Waals surface area contributed by atoms with Gasteiger partial charge in [-0.1, -0.05) is 25.4 Å². The maximum atomic E-state index is 11.3. The minimum atomic E-state index is -0.896. The standard InChI is InChI=1S/C22H25ClN2O3/c1-22(2)13-16-9-14(21(26)27)3-4-19(16)24-20(22)15-10-17(23)12-18(11-15)25-5-7-28-8-6-25/h3-4,9-12,20,24H,5-8,13H2,1-2H3,(H,26,27). The molecule has 0 bridgehead atoms. The molecule has 6 heteroatoms. The van der Waals surface area contributed by atoms with E-state index in [1.54, 1.807) is 12.1 Å². The topological polar surface area (TPSA) is 61.8 Å². The monoisotopic (exact) mass is 400 g/mol. The number of benzene rings is 2. The van der Waals surface area contributed by atoms with Crippen LogP contribution in [0.15, 0.2) is 36.4 Å². The first-order valence-corrected chi connectivity index (χ1v) is 9.97. The molecule has 2 N–H and O–H groups in total. The van der Waals surface area contributed by atoms with Crippen LogP contribution in [0.25, 0.3) is 0 Å². The van der Waals surface area contributed by atoms with Crippen molar-refractivity contribution >= 4 is 28.9 Å². The molecule has 4 rings (SSSR count). The number of carboxylic acids is 1. The van der Waals surface area contributed by atoms with Crippen LogP contribution in [0.1, 0.15) is 41.4 Å². The lowest BCUT2D eigenvalue weighted by molar-refractivity contribution is 0.0696. The van der Waals surface area contributed by atoms with Gasteiger partial charge in [0.05, 0.1) is 24.8 Å². The Morgan fingerprint density at radius 2 is 1.96 bits per heavy atom. The van der Waals surface area contributed by atoms with Gasteiger partial charge >= 0.3 is 5.97 Å². The summed E-state index contributed by atoms with van der Waals surface area (Å²) in [5, 5.41) is 13.6. The molecule has 1 unspecified atom stereocenters. The third kappa shape index (κ3) is 3.69. The average molecular weight is 401 g/mol. The highest BCUT2D eigenvalue weighted by Gasteiger charge is 2.36. The van der Waals surface area contributed by atoms with E-state index in [1.165, 1.54) is 0 Å². The number of ether oxygens (including phenoxy) is 1. The van der Waals surface area contributed by atoms with E-state index in [9.17, 15) is 9.90 Å². The van der Waals surface area contributed by atoms with Crippen LogP contribution >= 0.6 is 11.6 Å².